The number of hydrogen-bond donors (Lipinski definition) is 2. The predicted octanol–water partition coefficient (Wildman–Crippen LogP) is 10.7. The number of rotatable bonds is 16. The van der Waals surface area contributed by atoms with E-state index < -0.39 is 23.5 Å². The lowest BCUT2D eigenvalue weighted by atomic mass is 9.85. The van der Waals surface area contributed by atoms with E-state index in [0.717, 1.165) is 174 Å². The minimum absolute atomic E-state index is 0.0426. The number of halogens is 6. The molecule has 12 nitrogen and oxygen atoms in total. The Hall–Kier alpha value is -4.14. The van der Waals surface area contributed by atoms with Crippen LogP contribution in [0.1, 0.15) is 161 Å². The molecular weight excluding hydrogens is 999 g/mol. The number of thioether (sulfide) groups is 2. The van der Waals surface area contributed by atoms with Crippen LogP contribution < -0.4 is 10.6 Å². The van der Waals surface area contributed by atoms with Crippen molar-refractivity contribution >= 4 is 35.3 Å². The van der Waals surface area contributed by atoms with Gasteiger partial charge < -0.3 is 29.6 Å². The highest BCUT2D eigenvalue weighted by atomic mass is 32.2. The molecule has 20 heteroatoms. The van der Waals surface area contributed by atoms with Crippen LogP contribution in [0.15, 0.2) is 58.8 Å². The smallest absolute Gasteiger partial charge is 0.354 e. The maximum absolute atomic E-state index is 12.9. The number of hydrogen-bond acceptors (Lipinski definition) is 10. The molecule has 10 rings (SSSR count). The molecular formula is C54H72F6N10O2S2. The zero-order chi connectivity index (χ0) is 52.4. The SMILES string of the molecule is CC(=O)NC1CCC(c2nnc(SCCCN3CC[C@@]4(C[C@H]4c4ccc(C(F)(F)F)cc4)C3)n2C)CC1.CC(=O)NC1CCC(c2nnc(SCCCN3CC[C@]4(C[C@@H]4c4ccc(C(F)(F)F)cc4)C3)n2C)CC1. The maximum Gasteiger partial charge on any atom is 0.416 e. The highest BCUT2D eigenvalue weighted by molar-refractivity contribution is 7.99. The van der Waals surface area contributed by atoms with Crippen LogP contribution in [0.5, 0.6) is 0 Å². The summed E-state index contributed by atoms with van der Waals surface area (Å²) in [5.74, 6) is 5.71. The van der Waals surface area contributed by atoms with E-state index >= 15 is 0 Å². The third-order valence-electron chi connectivity index (χ3n) is 17.0. The Balaban J connectivity index is 0.000000182. The molecule has 2 N–H and O–H groups in total. The number of amides is 2. The Kier molecular flexibility index (Phi) is 16.9. The van der Waals surface area contributed by atoms with Gasteiger partial charge in [0.05, 0.1) is 11.1 Å². The van der Waals surface area contributed by atoms with Gasteiger partial charge in [-0.3, -0.25) is 9.59 Å². The molecule has 2 amide bonds. The van der Waals surface area contributed by atoms with E-state index in [0.29, 0.717) is 23.7 Å². The van der Waals surface area contributed by atoms with Crippen molar-refractivity contribution in [1.29, 1.82) is 0 Å². The summed E-state index contributed by atoms with van der Waals surface area (Å²) in [4.78, 5) is 27.6. The van der Waals surface area contributed by atoms with Gasteiger partial charge in [-0.1, -0.05) is 47.8 Å². The second-order valence-electron chi connectivity index (χ2n) is 22.2. The Morgan fingerprint density at radius 1 is 0.581 bits per heavy atom. The van der Waals surface area contributed by atoms with Crippen LogP contribution in [0.25, 0.3) is 0 Å². The van der Waals surface area contributed by atoms with Crippen molar-refractivity contribution in [3.63, 3.8) is 0 Å². The highest BCUT2D eigenvalue weighted by Gasteiger charge is 2.58. The van der Waals surface area contributed by atoms with Crippen molar-refractivity contribution in [2.75, 3.05) is 50.8 Å². The van der Waals surface area contributed by atoms with Gasteiger partial charge in [-0.2, -0.15) is 26.3 Å². The van der Waals surface area contributed by atoms with Crippen LogP contribution in [0.3, 0.4) is 0 Å². The maximum atomic E-state index is 12.9. The number of nitrogens with zero attached hydrogens (tertiary/aromatic N) is 8. The van der Waals surface area contributed by atoms with Crippen molar-refractivity contribution in [1.82, 2.24) is 50.0 Å². The summed E-state index contributed by atoms with van der Waals surface area (Å²) in [7, 11) is 4.10. The summed E-state index contributed by atoms with van der Waals surface area (Å²) in [6.07, 6.45) is 6.01. The average molecular weight is 1070 g/mol. The molecule has 0 unspecified atom stereocenters. The molecule has 2 spiro atoms. The first-order valence-electron chi connectivity index (χ1n) is 26.7. The number of aromatic nitrogens is 6. The molecule has 4 heterocycles. The van der Waals surface area contributed by atoms with Gasteiger partial charge in [0, 0.05) is 76.5 Å². The molecule has 2 saturated heterocycles. The highest BCUT2D eigenvalue weighted by Crippen LogP contribution is 2.65. The van der Waals surface area contributed by atoms with E-state index in [1.165, 1.54) is 24.3 Å². The van der Waals surface area contributed by atoms with Crippen molar-refractivity contribution in [3.05, 3.63) is 82.4 Å². The van der Waals surface area contributed by atoms with Crippen molar-refractivity contribution in [2.24, 2.45) is 24.9 Å². The first kappa shape index (κ1) is 54.6. The second kappa shape index (κ2) is 22.8. The molecule has 4 saturated carbocycles. The standard InChI is InChI=1S/2C27H36F3N5OS/c2*1-18(36)31-22-10-6-20(7-11-22)24-32-33-25(34(24)2)37-15-3-13-35-14-12-26(17-35)16-23(26)19-4-8-21(9-5-19)27(28,29)30/h2*4-5,8-9,20,22-23H,3,6-7,10-17H2,1-2H3,(H,31,36)/t2*20?,22?,23-,26+/m10/s1. The van der Waals surface area contributed by atoms with E-state index in [1.807, 2.05) is 0 Å². The number of alkyl halides is 6. The number of benzene rings is 2. The summed E-state index contributed by atoms with van der Waals surface area (Å²) in [6.45, 7) is 9.43. The molecule has 4 atom stereocenters. The third-order valence-corrected chi connectivity index (χ3v) is 19.2. The van der Waals surface area contributed by atoms with Crippen LogP contribution in [0.4, 0.5) is 26.3 Å². The Morgan fingerprint density at radius 2 is 0.946 bits per heavy atom. The van der Waals surface area contributed by atoms with Crippen molar-refractivity contribution in [3.8, 4) is 0 Å². The van der Waals surface area contributed by atoms with E-state index in [9.17, 15) is 35.9 Å². The Bertz CT molecular complexity index is 2370. The van der Waals surface area contributed by atoms with Gasteiger partial charge in [-0.15, -0.1) is 20.4 Å². The lowest BCUT2D eigenvalue weighted by Gasteiger charge is -2.28. The predicted molar refractivity (Wildman–Crippen MR) is 275 cm³/mol. The van der Waals surface area contributed by atoms with Gasteiger partial charge in [0.25, 0.3) is 0 Å². The van der Waals surface area contributed by atoms with E-state index in [1.54, 1.807) is 61.6 Å². The van der Waals surface area contributed by atoms with Crippen LogP contribution in [-0.4, -0.2) is 114 Å². The summed E-state index contributed by atoms with van der Waals surface area (Å²) >= 11 is 3.51. The largest absolute Gasteiger partial charge is 0.416 e. The molecule has 74 heavy (non-hydrogen) atoms. The molecule has 404 valence electrons. The fourth-order valence-electron chi connectivity index (χ4n) is 12.8. The Labute approximate surface area is 439 Å². The summed E-state index contributed by atoms with van der Waals surface area (Å²) < 4.78 is 81.5. The van der Waals surface area contributed by atoms with Crippen molar-refractivity contribution < 1.29 is 35.9 Å². The normalized spacial score (nSPS) is 28.1. The molecule has 4 aliphatic carbocycles. The molecule has 2 aromatic carbocycles. The monoisotopic (exact) mass is 1070 g/mol. The second-order valence-corrected chi connectivity index (χ2v) is 24.4. The van der Waals surface area contributed by atoms with Crippen LogP contribution in [0.2, 0.25) is 0 Å². The molecule has 4 aromatic rings. The number of carbonyl (C=O) groups is 2. The number of likely N-dealkylation sites (tertiary alicyclic amines) is 2. The van der Waals surface area contributed by atoms with Gasteiger partial charge in [0.2, 0.25) is 11.8 Å². The zero-order valence-corrected chi connectivity index (χ0v) is 44.8. The zero-order valence-electron chi connectivity index (χ0n) is 43.1. The first-order chi connectivity index (χ1) is 35.3. The molecule has 6 fully saturated rings. The van der Waals surface area contributed by atoms with Gasteiger partial charge in [-0.05, 0) is 174 Å². The van der Waals surface area contributed by atoms with Gasteiger partial charge >= 0.3 is 12.4 Å². The minimum atomic E-state index is -4.28. The molecule has 2 aliphatic heterocycles. The van der Waals surface area contributed by atoms with E-state index in [-0.39, 0.29) is 34.7 Å². The molecule has 2 aromatic heterocycles. The summed E-state index contributed by atoms with van der Waals surface area (Å²) in [5.41, 5.74) is 1.47. The molecule has 6 aliphatic rings. The minimum Gasteiger partial charge on any atom is -0.354 e. The number of carbonyl (C=O) groups excluding carboxylic acids is 2. The topological polar surface area (TPSA) is 126 Å². The Morgan fingerprint density at radius 3 is 1.28 bits per heavy atom. The lowest BCUT2D eigenvalue weighted by molar-refractivity contribution is -0.138. The van der Waals surface area contributed by atoms with Crippen molar-refractivity contribution in [2.45, 2.75) is 162 Å². The summed E-state index contributed by atoms with van der Waals surface area (Å²) in [5, 5.41) is 25.9. The van der Waals surface area contributed by atoms with Crippen LogP contribution in [-0.2, 0) is 36.0 Å². The van der Waals surface area contributed by atoms with Gasteiger partial charge in [-0.25, -0.2) is 0 Å². The molecule has 0 bridgehead atoms. The first-order valence-corrected chi connectivity index (χ1v) is 28.6. The molecule has 0 radical (unpaired) electrons. The van der Waals surface area contributed by atoms with Crippen LogP contribution in [0, 0.1) is 10.8 Å². The quantitative estimate of drug-likeness (QED) is 0.0636. The van der Waals surface area contributed by atoms with Crippen LogP contribution >= 0.6 is 23.5 Å². The lowest BCUT2D eigenvalue weighted by Crippen LogP contribution is -2.36. The number of nitrogens with one attached hydrogen (secondary N) is 2. The fourth-order valence-corrected chi connectivity index (χ4v) is 14.5. The van der Waals surface area contributed by atoms with Gasteiger partial charge in [0.15, 0.2) is 10.3 Å². The fraction of sp³-hybridized carbons (Fsp3) is 0.667. The van der Waals surface area contributed by atoms with E-state index in [2.05, 4.69) is 64.1 Å². The average Bonchev–Trinajstić information content (AvgIpc) is 3.90. The summed E-state index contributed by atoms with van der Waals surface area (Å²) in [6, 6.07) is 12.1. The van der Waals surface area contributed by atoms with E-state index in [4.69, 9.17) is 0 Å². The third kappa shape index (κ3) is 13.2. The van der Waals surface area contributed by atoms with Gasteiger partial charge in [0.1, 0.15) is 11.6 Å².